The van der Waals surface area contributed by atoms with Crippen LogP contribution in [0.3, 0.4) is 0 Å². The van der Waals surface area contributed by atoms with Crippen molar-refractivity contribution in [1.82, 2.24) is 4.90 Å². The second-order valence-electron chi connectivity index (χ2n) is 8.97. The lowest BCUT2D eigenvalue weighted by atomic mass is 10.1. The number of aliphatic carboxylic acids is 2. The van der Waals surface area contributed by atoms with Gasteiger partial charge >= 0.3 is 18.1 Å². The minimum atomic E-state index is -4.35. The number of benzene rings is 3. The van der Waals surface area contributed by atoms with Crippen LogP contribution in [0.2, 0.25) is 0 Å². The Morgan fingerprint density at radius 2 is 1.38 bits per heavy atom. The Balaban J connectivity index is 0.000000631. The first-order valence-electron chi connectivity index (χ1n) is 12.5. The molecule has 0 aromatic heterocycles. The molecule has 1 saturated heterocycles. The van der Waals surface area contributed by atoms with Crippen LogP contribution in [0.1, 0.15) is 24.8 Å². The maximum Gasteiger partial charge on any atom is 0.416 e. The maximum atomic E-state index is 12.9. The highest BCUT2D eigenvalue weighted by Gasteiger charge is 2.31. The van der Waals surface area contributed by atoms with Crippen molar-refractivity contribution in [3.05, 3.63) is 90.5 Å². The van der Waals surface area contributed by atoms with E-state index in [1.807, 2.05) is 12.1 Å². The summed E-state index contributed by atoms with van der Waals surface area (Å²) in [6, 6.07) is 26.0. The monoisotopic (exact) mass is 544 g/mol. The van der Waals surface area contributed by atoms with Crippen LogP contribution in [0.4, 0.5) is 24.5 Å². The Kier molecular flexibility index (Phi) is 10.7. The smallest absolute Gasteiger partial charge is 0.416 e. The number of halogens is 3. The number of piperidine rings is 1. The van der Waals surface area contributed by atoms with Crippen molar-refractivity contribution in [3.63, 3.8) is 0 Å². The van der Waals surface area contributed by atoms with Crippen LogP contribution in [0.25, 0.3) is 0 Å². The number of carboxylic acids is 2. The molecular weight excluding hydrogens is 513 g/mol. The van der Waals surface area contributed by atoms with E-state index in [2.05, 4.69) is 58.3 Å². The van der Waals surface area contributed by atoms with E-state index >= 15 is 0 Å². The first-order chi connectivity index (χ1) is 18.6. The highest BCUT2D eigenvalue weighted by atomic mass is 19.4. The Bertz CT molecular complexity index is 1130. The number of likely N-dealkylation sites (tertiary alicyclic amines) is 1. The van der Waals surface area contributed by atoms with Gasteiger partial charge in [0.1, 0.15) is 11.9 Å². The molecule has 0 bridgehead atoms. The fraction of sp³-hybridized carbons (Fsp3) is 0.310. The maximum absolute atomic E-state index is 12.9. The number of anilines is 2. The summed E-state index contributed by atoms with van der Waals surface area (Å²) in [4.78, 5) is 23.0. The lowest BCUT2D eigenvalue weighted by Gasteiger charge is -2.33. The van der Waals surface area contributed by atoms with Gasteiger partial charge < -0.3 is 24.7 Å². The molecule has 2 N–H and O–H groups in total. The molecule has 1 heterocycles. The molecule has 0 spiro atoms. The Morgan fingerprint density at radius 1 is 0.846 bits per heavy atom. The van der Waals surface area contributed by atoms with Gasteiger partial charge in [-0.05, 0) is 68.3 Å². The predicted octanol–water partition coefficient (Wildman–Crippen LogP) is 5.93. The summed E-state index contributed by atoms with van der Waals surface area (Å²) in [5.41, 5.74) is 1.69. The van der Waals surface area contributed by atoms with Crippen LogP contribution in [0, 0.1) is 0 Å². The zero-order chi connectivity index (χ0) is 28.3. The van der Waals surface area contributed by atoms with Gasteiger partial charge in [-0.3, -0.25) is 0 Å². The summed E-state index contributed by atoms with van der Waals surface area (Å²) in [6.45, 7) is 3.67. The number of rotatable bonds is 8. The Labute approximate surface area is 225 Å². The third-order valence-corrected chi connectivity index (χ3v) is 6.17. The average Bonchev–Trinajstić information content (AvgIpc) is 2.93. The zero-order valence-electron chi connectivity index (χ0n) is 21.3. The fourth-order valence-electron chi connectivity index (χ4n) is 4.26. The third kappa shape index (κ3) is 9.64. The summed E-state index contributed by atoms with van der Waals surface area (Å²) in [7, 11) is 0. The quantitative estimate of drug-likeness (QED) is 0.340. The molecule has 0 saturated carbocycles. The standard InChI is InChI=1S/C27H29F3N2O.C2H2O4/c28-27(29,30)22-9-7-14-26(21-22)33-25-15-19-31(20-16-25)17-8-18-32(23-10-3-1-4-11-23)24-12-5-2-6-13-24;3-1(4)2(5)6/h1-7,9-14,21,25H,8,15-20H2;(H,3,4)(H,5,6). The molecule has 4 rings (SSSR count). The van der Waals surface area contributed by atoms with Crippen molar-refractivity contribution in [2.75, 3.05) is 31.1 Å². The number of carbonyl (C=O) groups is 2. The number of hydrogen-bond acceptors (Lipinski definition) is 5. The molecule has 39 heavy (non-hydrogen) atoms. The summed E-state index contributed by atoms with van der Waals surface area (Å²) < 4.78 is 44.6. The topological polar surface area (TPSA) is 90.3 Å². The minimum absolute atomic E-state index is 0.0464. The number of para-hydroxylation sites is 2. The summed E-state index contributed by atoms with van der Waals surface area (Å²) in [5, 5.41) is 14.8. The first kappa shape index (κ1) is 29.5. The van der Waals surface area contributed by atoms with Crippen molar-refractivity contribution in [3.8, 4) is 5.75 Å². The van der Waals surface area contributed by atoms with E-state index in [1.54, 1.807) is 6.07 Å². The summed E-state index contributed by atoms with van der Waals surface area (Å²) >= 11 is 0. The number of alkyl halides is 3. The highest BCUT2D eigenvalue weighted by molar-refractivity contribution is 6.27. The van der Waals surface area contributed by atoms with E-state index in [0.29, 0.717) is 5.75 Å². The molecule has 1 fully saturated rings. The number of nitrogens with zero attached hydrogens (tertiary/aromatic N) is 2. The van der Waals surface area contributed by atoms with E-state index in [4.69, 9.17) is 24.5 Å². The van der Waals surface area contributed by atoms with Crippen molar-refractivity contribution >= 4 is 23.3 Å². The molecule has 0 unspecified atom stereocenters. The number of hydrogen-bond donors (Lipinski definition) is 2. The molecule has 10 heteroatoms. The molecule has 3 aromatic carbocycles. The van der Waals surface area contributed by atoms with E-state index in [0.717, 1.165) is 57.6 Å². The van der Waals surface area contributed by atoms with Gasteiger partial charge in [-0.15, -0.1) is 0 Å². The number of carboxylic acid groups (broad SMARTS) is 2. The van der Waals surface area contributed by atoms with Crippen LogP contribution in [-0.4, -0.2) is 59.3 Å². The largest absolute Gasteiger partial charge is 0.490 e. The van der Waals surface area contributed by atoms with Gasteiger partial charge in [0.2, 0.25) is 0 Å². The second kappa shape index (κ2) is 14.2. The molecule has 1 aliphatic rings. The lowest BCUT2D eigenvalue weighted by molar-refractivity contribution is -0.159. The minimum Gasteiger partial charge on any atom is -0.490 e. The molecule has 3 aromatic rings. The van der Waals surface area contributed by atoms with Crippen molar-refractivity contribution in [2.45, 2.75) is 31.5 Å². The predicted molar refractivity (Wildman–Crippen MR) is 141 cm³/mol. The zero-order valence-corrected chi connectivity index (χ0v) is 21.3. The SMILES string of the molecule is FC(F)(F)c1cccc(OC2CCN(CCCN(c3ccccc3)c3ccccc3)CC2)c1.O=C(O)C(=O)O. The van der Waals surface area contributed by atoms with Gasteiger partial charge in [0, 0.05) is 31.0 Å². The second-order valence-corrected chi connectivity index (χ2v) is 8.97. The van der Waals surface area contributed by atoms with Crippen molar-refractivity contribution < 1.29 is 37.7 Å². The van der Waals surface area contributed by atoms with Gasteiger partial charge in [-0.1, -0.05) is 42.5 Å². The van der Waals surface area contributed by atoms with Crippen molar-refractivity contribution in [1.29, 1.82) is 0 Å². The molecule has 0 atom stereocenters. The third-order valence-electron chi connectivity index (χ3n) is 6.17. The van der Waals surface area contributed by atoms with Crippen molar-refractivity contribution in [2.24, 2.45) is 0 Å². The lowest BCUT2D eigenvalue weighted by Crippen LogP contribution is -2.39. The van der Waals surface area contributed by atoms with Crippen LogP contribution >= 0.6 is 0 Å². The normalized spacial score (nSPS) is 14.1. The average molecular weight is 545 g/mol. The Morgan fingerprint density at radius 3 is 1.87 bits per heavy atom. The van der Waals surface area contributed by atoms with Gasteiger partial charge in [-0.25, -0.2) is 9.59 Å². The number of ether oxygens (including phenoxy) is 1. The first-order valence-corrected chi connectivity index (χ1v) is 12.5. The van der Waals surface area contributed by atoms with Crippen LogP contribution in [0.15, 0.2) is 84.9 Å². The summed E-state index contributed by atoms with van der Waals surface area (Å²) in [5.74, 6) is -3.35. The molecular formula is C29H31F3N2O5. The van der Waals surface area contributed by atoms with E-state index in [-0.39, 0.29) is 6.10 Å². The van der Waals surface area contributed by atoms with Crippen LogP contribution in [-0.2, 0) is 15.8 Å². The Hall–Kier alpha value is -4.05. The van der Waals surface area contributed by atoms with Gasteiger partial charge in [0.25, 0.3) is 0 Å². The van der Waals surface area contributed by atoms with E-state index in [9.17, 15) is 13.2 Å². The van der Waals surface area contributed by atoms with Gasteiger partial charge in [0.15, 0.2) is 0 Å². The fourth-order valence-corrected chi connectivity index (χ4v) is 4.26. The van der Waals surface area contributed by atoms with Crippen LogP contribution < -0.4 is 9.64 Å². The van der Waals surface area contributed by atoms with Gasteiger partial charge in [0.05, 0.1) is 5.56 Å². The highest BCUT2D eigenvalue weighted by Crippen LogP contribution is 2.32. The van der Waals surface area contributed by atoms with E-state index < -0.39 is 23.7 Å². The summed E-state index contributed by atoms with van der Waals surface area (Å²) in [6.07, 6.45) is -1.75. The van der Waals surface area contributed by atoms with Crippen LogP contribution in [0.5, 0.6) is 5.75 Å². The molecule has 0 amide bonds. The molecule has 1 aliphatic heterocycles. The molecule has 0 radical (unpaired) electrons. The van der Waals surface area contributed by atoms with Gasteiger partial charge in [-0.2, -0.15) is 13.2 Å². The molecule has 208 valence electrons. The van der Waals surface area contributed by atoms with E-state index in [1.165, 1.54) is 17.4 Å². The molecule has 7 nitrogen and oxygen atoms in total. The molecule has 0 aliphatic carbocycles.